The van der Waals surface area contributed by atoms with Crippen LogP contribution in [-0.2, 0) is 16.6 Å². The summed E-state index contributed by atoms with van der Waals surface area (Å²) < 4.78 is 7.83. The number of aryl methyl sites for hydroxylation is 1. The number of ether oxygens (including phenoxy) is 1. The zero-order valence-electron chi connectivity index (χ0n) is 13.8. The van der Waals surface area contributed by atoms with Crippen LogP contribution in [0.15, 0.2) is 0 Å². The molecule has 0 unspecified atom stereocenters. The summed E-state index contributed by atoms with van der Waals surface area (Å²) in [4.78, 5) is 15.1. The predicted molar refractivity (Wildman–Crippen MR) is 85.2 cm³/mol. The molecule has 0 bridgehead atoms. The Morgan fingerprint density at radius 2 is 2.17 bits per heavy atom. The van der Waals surface area contributed by atoms with E-state index in [1.54, 1.807) is 4.68 Å². The van der Waals surface area contributed by atoms with Crippen molar-refractivity contribution < 1.29 is 9.53 Å². The number of aromatic nitrogens is 3. The maximum atomic E-state index is 13.1. The first-order chi connectivity index (χ1) is 11.2. The molecule has 3 heterocycles. The Morgan fingerprint density at radius 3 is 3.00 bits per heavy atom. The summed E-state index contributed by atoms with van der Waals surface area (Å²) in [5.41, 5.74) is 0.706. The molecule has 1 amide bonds. The van der Waals surface area contributed by atoms with Crippen LogP contribution >= 0.6 is 0 Å². The summed E-state index contributed by atoms with van der Waals surface area (Å²) in [5.74, 6) is 0.912. The molecule has 1 spiro atoms. The van der Waals surface area contributed by atoms with E-state index in [4.69, 9.17) is 4.74 Å². The fraction of sp³-hybridized carbons (Fsp3) is 0.812. The minimum atomic E-state index is -0.168. The molecule has 7 heteroatoms. The molecule has 1 aromatic heterocycles. The summed E-state index contributed by atoms with van der Waals surface area (Å²) in [6.07, 6.45) is 6.66. The number of hydrogen-bond acceptors (Lipinski definition) is 5. The lowest BCUT2D eigenvalue weighted by Gasteiger charge is -2.45. The number of hydrogen-bond donors (Lipinski definition) is 1. The average molecular weight is 319 g/mol. The van der Waals surface area contributed by atoms with Crippen molar-refractivity contribution in [1.29, 1.82) is 0 Å². The number of amides is 1. The second-order valence-corrected chi connectivity index (χ2v) is 7.07. The number of nitrogens with zero attached hydrogens (tertiary/aromatic N) is 4. The molecule has 0 aromatic carbocycles. The van der Waals surface area contributed by atoms with Gasteiger partial charge >= 0.3 is 0 Å². The first kappa shape index (κ1) is 14.9. The maximum Gasteiger partial charge on any atom is 0.232 e. The Balaban J connectivity index is 1.53. The lowest BCUT2D eigenvalue weighted by Crippen LogP contribution is -2.55. The predicted octanol–water partition coefficient (Wildman–Crippen LogP) is 1.28. The van der Waals surface area contributed by atoms with Gasteiger partial charge in [0, 0.05) is 26.7 Å². The second kappa shape index (κ2) is 5.78. The van der Waals surface area contributed by atoms with Crippen molar-refractivity contribution in [2.24, 2.45) is 7.05 Å². The maximum absolute atomic E-state index is 13.1. The molecule has 126 valence electrons. The summed E-state index contributed by atoms with van der Waals surface area (Å²) in [6, 6.07) is 0. The number of carbonyl (C=O) groups is 1. The highest BCUT2D eigenvalue weighted by Gasteiger charge is 2.42. The molecule has 1 saturated heterocycles. The molecule has 1 saturated carbocycles. The molecule has 1 N–H and O–H groups in total. The Labute approximate surface area is 136 Å². The third-order valence-corrected chi connectivity index (χ3v) is 5.53. The van der Waals surface area contributed by atoms with Gasteiger partial charge in [0.25, 0.3) is 0 Å². The quantitative estimate of drug-likeness (QED) is 0.844. The molecule has 1 aromatic rings. The van der Waals surface area contributed by atoms with Crippen LogP contribution in [0.3, 0.4) is 0 Å². The third-order valence-electron chi connectivity index (χ3n) is 5.53. The fourth-order valence-corrected chi connectivity index (χ4v) is 4.28. The summed E-state index contributed by atoms with van der Waals surface area (Å²) in [5, 5.41) is 11.6. The highest BCUT2D eigenvalue weighted by atomic mass is 16.5. The molecule has 1 aliphatic carbocycles. The van der Waals surface area contributed by atoms with Gasteiger partial charge in [-0.15, -0.1) is 5.10 Å². The van der Waals surface area contributed by atoms with E-state index >= 15 is 0 Å². The fourth-order valence-electron chi connectivity index (χ4n) is 4.28. The highest BCUT2D eigenvalue weighted by molar-refractivity contribution is 5.85. The average Bonchev–Trinajstić information content (AvgIpc) is 2.96. The minimum absolute atomic E-state index is 0.0930. The van der Waals surface area contributed by atoms with Gasteiger partial charge < -0.3 is 15.0 Å². The van der Waals surface area contributed by atoms with Crippen molar-refractivity contribution in [3.8, 4) is 0 Å². The normalized spacial score (nSPS) is 26.7. The molecule has 4 rings (SSSR count). The number of morpholine rings is 1. The van der Waals surface area contributed by atoms with E-state index in [2.05, 4.69) is 15.6 Å². The highest BCUT2D eigenvalue weighted by Crippen LogP contribution is 2.36. The molecule has 1 atom stereocenters. The standard InChI is InChI=1S/C16H25N5O2/c1-20-14-13(18-19-20)12(5-8-17-14)15(22)21-9-10-23-16(11-21)6-3-2-4-7-16/h12,17H,2-11H2,1H3/t12-/m1/s1. The van der Waals surface area contributed by atoms with Gasteiger partial charge in [-0.05, 0) is 19.3 Å². The van der Waals surface area contributed by atoms with E-state index in [0.717, 1.165) is 43.9 Å². The number of nitrogens with one attached hydrogen (secondary N) is 1. The van der Waals surface area contributed by atoms with Crippen LogP contribution in [-0.4, -0.2) is 57.6 Å². The van der Waals surface area contributed by atoms with Crippen LogP contribution in [0, 0.1) is 0 Å². The smallest absolute Gasteiger partial charge is 0.232 e. The molecule has 2 aliphatic heterocycles. The van der Waals surface area contributed by atoms with E-state index in [0.29, 0.717) is 13.2 Å². The lowest BCUT2D eigenvalue weighted by molar-refractivity contribution is -0.157. The van der Waals surface area contributed by atoms with E-state index in [9.17, 15) is 4.79 Å². The molecule has 2 fully saturated rings. The zero-order valence-corrected chi connectivity index (χ0v) is 13.8. The van der Waals surface area contributed by atoms with Gasteiger partial charge in [-0.3, -0.25) is 4.79 Å². The van der Waals surface area contributed by atoms with Gasteiger partial charge in [0.15, 0.2) is 0 Å². The van der Waals surface area contributed by atoms with E-state index in [1.165, 1.54) is 19.3 Å². The second-order valence-electron chi connectivity index (χ2n) is 7.07. The minimum Gasteiger partial charge on any atom is -0.371 e. The Hall–Kier alpha value is -1.63. The van der Waals surface area contributed by atoms with Crippen LogP contribution in [0.2, 0.25) is 0 Å². The molecule has 7 nitrogen and oxygen atoms in total. The largest absolute Gasteiger partial charge is 0.371 e. The Bertz CT molecular complexity index is 588. The number of carbonyl (C=O) groups excluding carboxylic acids is 1. The molecular weight excluding hydrogens is 294 g/mol. The van der Waals surface area contributed by atoms with Crippen LogP contribution in [0.25, 0.3) is 0 Å². The number of rotatable bonds is 1. The van der Waals surface area contributed by atoms with Gasteiger partial charge in [0.1, 0.15) is 11.5 Å². The van der Waals surface area contributed by atoms with Gasteiger partial charge in [-0.25, -0.2) is 4.68 Å². The van der Waals surface area contributed by atoms with Crippen LogP contribution < -0.4 is 5.32 Å². The van der Waals surface area contributed by atoms with Gasteiger partial charge in [0.05, 0.1) is 18.1 Å². The van der Waals surface area contributed by atoms with Crippen molar-refractivity contribution in [1.82, 2.24) is 19.9 Å². The van der Waals surface area contributed by atoms with Crippen LogP contribution in [0.4, 0.5) is 5.82 Å². The van der Waals surface area contributed by atoms with Crippen molar-refractivity contribution in [2.45, 2.75) is 50.0 Å². The summed E-state index contributed by atoms with van der Waals surface area (Å²) in [6.45, 7) is 2.88. The van der Waals surface area contributed by atoms with Crippen molar-refractivity contribution >= 4 is 11.7 Å². The Morgan fingerprint density at radius 1 is 1.35 bits per heavy atom. The lowest BCUT2D eigenvalue weighted by atomic mass is 9.83. The monoisotopic (exact) mass is 319 g/mol. The summed E-state index contributed by atoms with van der Waals surface area (Å²) >= 11 is 0. The number of fused-ring (bicyclic) bond motifs is 1. The molecular formula is C16H25N5O2. The van der Waals surface area contributed by atoms with Crippen LogP contribution in [0.5, 0.6) is 0 Å². The van der Waals surface area contributed by atoms with Gasteiger partial charge in [-0.2, -0.15) is 0 Å². The van der Waals surface area contributed by atoms with Crippen LogP contribution in [0.1, 0.15) is 50.1 Å². The van der Waals surface area contributed by atoms with E-state index in [1.807, 2.05) is 11.9 Å². The van der Waals surface area contributed by atoms with Crippen molar-refractivity contribution in [2.75, 3.05) is 31.6 Å². The topological polar surface area (TPSA) is 72.3 Å². The van der Waals surface area contributed by atoms with Crippen molar-refractivity contribution in [3.63, 3.8) is 0 Å². The first-order valence-electron chi connectivity index (χ1n) is 8.75. The summed E-state index contributed by atoms with van der Waals surface area (Å²) in [7, 11) is 1.86. The molecule has 0 radical (unpaired) electrons. The zero-order chi connectivity index (χ0) is 15.9. The molecule has 23 heavy (non-hydrogen) atoms. The SMILES string of the molecule is Cn1nnc2c1NCC[C@H]2C(=O)N1CCOC2(CCCCC2)C1. The third kappa shape index (κ3) is 2.60. The van der Waals surface area contributed by atoms with Gasteiger partial charge in [-0.1, -0.05) is 24.5 Å². The Kier molecular flexibility index (Phi) is 3.75. The first-order valence-corrected chi connectivity index (χ1v) is 8.75. The molecule has 3 aliphatic rings. The van der Waals surface area contributed by atoms with E-state index < -0.39 is 0 Å². The van der Waals surface area contributed by atoms with E-state index in [-0.39, 0.29) is 17.4 Å². The van der Waals surface area contributed by atoms with Gasteiger partial charge in [0.2, 0.25) is 5.91 Å². The number of anilines is 1. The van der Waals surface area contributed by atoms with Crippen molar-refractivity contribution in [3.05, 3.63) is 5.69 Å².